The average Bonchev–Trinajstić information content (AvgIpc) is 2.93. The Morgan fingerprint density at radius 2 is 1.93 bits per heavy atom. The van der Waals surface area contributed by atoms with Crippen molar-refractivity contribution in [3.63, 3.8) is 0 Å². The molecule has 4 N–H and O–H groups in total. The Labute approximate surface area is 235 Å². The number of hydrazine groups is 1. The standard InChI is InChI=1S/C30H41N5O5/c1-7-20-10-11-21-17-32-23(16-22(21)15-20)12-13-30(5,6)29(39)40-25(18(2)3)27(37)33-19(4)28(38)35-14-8-9-24(34-35)26(31)36/h10-13,15-19,24-25,34H,7-9,14H2,1-6H3,(H2,31,36)(H,33,37)/b13-12+. The highest BCUT2D eigenvalue weighted by Crippen LogP contribution is 2.24. The van der Waals surface area contributed by atoms with Crippen LogP contribution in [0.1, 0.15) is 65.6 Å². The van der Waals surface area contributed by atoms with Crippen LogP contribution in [0.25, 0.3) is 16.8 Å². The van der Waals surface area contributed by atoms with Crippen molar-refractivity contribution in [2.45, 2.75) is 79.0 Å². The quantitative estimate of drug-likeness (QED) is 0.385. The summed E-state index contributed by atoms with van der Waals surface area (Å²) in [4.78, 5) is 55.1. The van der Waals surface area contributed by atoms with Crippen LogP contribution in [0.4, 0.5) is 0 Å². The Morgan fingerprint density at radius 1 is 1.20 bits per heavy atom. The summed E-state index contributed by atoms with van der Waals surface area (Å²) in [6, 6.07) is 6.68. The van der Waals surface area contributed by atoms with Gasteiger partial charge in [-0.15, -0.1) is 0 Å². The number of rotatable bonds is 10. The summed E-state index contributed by atoms with van der Waals surface area (Å²) < 4.78 is 5.68. The summed E-state index contributed by atoms with van der Waals surface area (Å²) in [6.45, 7) is 11.0. The Kier molecular flexibility index (Phi) is 10.0. The second kappa shape index (κ2) is 13.0. The van der Waals surface area contributed by atoms with Crippen molar-refractivity contribution in [1.82, 2.24) is 20.7 Å². The zero-order valence-electron chi connectivity index (χ0n) is 24.2. The van der Waals surface area contributed by atoms with Gasteiger partial charge in [-0.3, -0.25) is 29.2 Å². The monoisotopic (exact) mass is 551 g/mol. The molecule has 10 heteroatoms. The smallest absolute Gasteiger partial charge is 0.316 e. The summed E-state index contributed by atoms with van der Waals surface area (Å²) in [5.74, 6) is -2.44. The van der Waals surface area contributed by atoms with Gasteiger partial charge in [0.15, 0.2) is 6.10 Å². The molecule has 0 radical (unpaired) electrons. The van der Waals surface area contributed by atoms with Crippen LogP contribution in [0, 0.1) is 11.3 Å². The molecule has 1 fully saturated rings. The molecule has 216 valence electrons. The lowest BCUT2D eigenvalue weighted by atomic mass is 9.92. The molecule has 3 rings (SSSR count). The molecule has 1 saturated heterocycles. The van der Waals surface area contributed by atoms with Gasteiger partial charge in [-0.2, -0.15) is 0 Å². The minimum Gasteiger partial charge on any atom is -0.451 e. The number of amides is 3. The number of hydrogen-bond acceptors (Lipinski definition) is 7. The van der Waals surface area contributed by atoms with Gasteiger partial charge >= 0.3 is 5.97 Å². The third-order valence-corrected chi connectivity index (χ3v) is 7.04. The molecule has 0 spiro atoms. The molecule has 3 unspecified atom stereocenters. The van der Waals surface area contributed by atoms with E-state index in [0.29, 0.717) is 25.1 Å². The Balaban J connectivity index is 1.65. The van der Waals surface area contributed by atoms with E-state index < -0.39 is 47.3 Å². The summed E-state index contributed by atoms with van der Waals surface area (Å²) in [5, 5.41) is 6.06. The maximum atomic E-state index is 13.2. The van der Waals surface area contributed by atoms with Crippen LogP contribution in [-0.4, -0.2) is 58.4 Å². The number of pyridine rings is 1. The number of ether oxygens (including phenoxy) is 1. The normalized spacial score (nSPS) is 17.6. The number of benzene rings is 1. The number of fused-ring (bicyclic) bond motifs is 1. The van der Waals surface area contributed by atoms with E-state index in [1.54, 1.807) is 53.0 Å². The van der Waals surface area contributed by atoms with Gasteiger partial charge in [0.25, 0.3) is 11.8 Å². The summed E-state index contributed by atoms with van der Waals surface area (Å²) in [6.07, 6.45) is 6.26. The van der Waals surface area contributed by atoms with Gasteiger partial charge < -0.3 is 15.8 Å². The number of esters is 1. The van der Waals surface area contributed by atoms with Crippen LogP contribution < -0.4 is 16.5 Å². The maximum absolute atomic E-state index is 13.2. The second-order valence-electron chi connectivity index (χ2n) is 11.2. The maximum Gasteiger partial charge on any atom is 0.316 e. The van der Waals surface area contributed by atoms with Crippen LogP contribution in [0.2, 0.25) is 0 Å². The highest BCUT2D eigenvalue weighted by Gasteiger charge is 2.35. The molecule has 0 aliphatic carbocycles. The van der Waals surface area contributed by atoms with Crippen molar-refractivity contribution < 1.29 is 23.9 Å². The van der Waals surface area contributed by atoms with Gasteiger partial charge in [0.2, 0.25) is 5.91 Å². The van der Waals surface area contributed by atoms with E-state index in [9.17, 15) is 19.2 Å². The van der Waals surface area contributed by atoms with Crippen molar-refractivity contribution in [3.8, 4) is 0 Å². The molecule has 0 bridgehead atoms. The third kappa shape index (κ3) is 7.65. The van der Waals surface area contributed by atoms with Crippen LogP contribution in [0.3, 0.4) is 0 Å². The van der Waals surface area contributed by atoms with Gasteiger partial charge in [-0.05, 0) is 69.0 Å². The predicted molar refractivity (Wildman–Crippen MR) is 153 cm³/mol. The molecule has 3 atom stereocenters. The van der Waals surface area contributed by atoms with Crippen molar-refractivity contribution >= 4 is 40.5 Å². The molecule has 2 aromatic rings. The van der Waals surface area contributed by atoms with E-state index in [0.717, 1.165) is 17.2 Å². The summed E-state index contributed by atoms with van der Waals surface area (Å²) in [5.41, 5.74) is 9.07. The minimum absolute atomic E-state index is 0.340. The molecule has 1 aliphatic rings. The van der Waals surface area contributed by atoms with Crippen molar-refractivity contribution in [3.05, 3.63) is 47.8 Å². The molecule has 10 nitrogen and oxygen atoms in total. The number of nitrogens with zero attached hydrogens (tertiary/aromatic N) is 2. The number of aromatic nitrogens is 1. The number of nitrogens with two attached hydrogens (primary N) is 1. The lowest BCUT2D eigenvalue weighted by molar-refractivity contribution is -0.165. The number of aryl methyl sites for hydroxylation is 1. The van der Waals surface area contributed by atoms with E-state index in [1.807, 2.05) is 12.1 Å². The largest absolute Gasteiger partial charge is 0.451 e. The number of carbonyl (C=O) groups excluding carboxylic acids is 4. The first-order chi connectivity index (χ1) is 18.8. The van der Waals surface area contributed by atoms with Crippen LogP contribution in [0.5, 0.6) is 0 Å². The lowest BCUT2D eigenvalue weighted by Crippen LogP contribution is -2.60. The second-order valence-corrected chi connectivity index (χ2v) is 11.2. The third-order valence-electron chi connectivity index (χ3n) is 7.04. The first kappa shape index (κ1) is 30.7. The van der Waals surface area contributed by atoms with Gasteiger partial charge in [0.05, 0.1) is 11.1 Å². The zero-order chi connectivity index (χ0) is 29.6. The van der Waals surface area contributed by atoms with Crippen LogP contribution in [-0.2, 0) is 30.3 Å². The van der Waals surface area contributed by atoms with Gasteiger partial charge in [0.1, 0.15) is 12.1 Å². The highest BCUT2D eigenvalue weighted by molar-refractivity contribution is 5.91. The van der Waals surface area contributed by atoms with E-state index in [-0.39, 0.29) is 5.92 Å². The van der Waals surface area contributed by atoms with E-state index >= 15 is 0 Å². The molecule has 1 aromatic carbocycles. The predicted octanol–water partition coefficient (Wildman–Crippen LogP) is 2.89. The van der Waals surface area contributed by atoms with Crippen molar-refractivity contribution in [2.75, 3.05) is 6.54 Å². The number of carbonyl (C=O) groups is 4. The fourth-order valence-corrected chi connectivity index (χ4v) is 4.38. The Bertz CT molecular complexity index is 1290. The number of hydrogen-bond donors (Lipinski definition) is 3. The van der Waals surface area contributed by atoms with Gasteiger partial charge in [-0.25, -0.2) is 5.43 Å². The highest BCUT2D eigenvalue weighted by atomic mass is 16.5. The number of nitrogens with one attached hydrogen (secondary N) is 2. The molecule has 40 heavy (non-hydrogen) atoms. The first-order valence-corrected chi connectivity index (χ1v) is 13.8. The molecule has 2 heterocycles. The Hall–Kier alpha value is -3.79. The fraction of sp³-hybridized carbons (Fsp3) is 0.500. The molecule has 1 aromatic heterocycles. The molecular formula is C30H41N5O5. The van der Waals surface area contributed by atoms with Crippen LogP contribution in [0.15, 0.2) is 36.5 Å². The zero-order valence-corrected chi connectivity index (χ0v) is 24.2. The topological polar surface area (TPSA) is 144 Å². The average molecular weight is 552 g/mol. The minimum atomic E-state index is -1.10. The first-order valence-electron chi connectivity index (χ1n) is 13.8. The summed E-state index contributed by atoms with van der Waals surface area (Å²) >= 11 is 0. The van der Waals surface area contributed by atoms with E-state index in [1.165, 1.54) is 10.6 Å². The van der Waals surface area contributed by atoms with E-state index in [2.05, 4.69) is 34.8 Å². The van der Waals surface area contributed by atoms with Crippen molar-refractivity contribution in [1.29, 1.82) is 0 Å². The number of primary amides is 1. The van der Waals surface area contributed by atoms with Gasteiger partial charge in [0, 0.05) is 18.1 Å². The van der Waals surface area contributed by atoms with Crippen LogP contribution >= 0.6 is 0 Å². The summed E-state index contributed by atoms with van der Waals surface area (Å²) in [7, 11) is 0. The molecular weight excluding hydrogens is 510 g/mol. The van der Waals surface area contributed by atoms with Gasteiger partial charge in [-0.1, -0.05) is 45.0 Å². The van der Waals surface area contributed by atoms with E-state index in [4.69, 9.17) is 10.5 Å². The Morgan fingerprint density at radius 3 is 2.58 bits per heavy atom. The lowest BCUT2D eigenvalue weighted by Gasteiger charge is -2.34. The fourth-order valence-electron chi connectivity index (χ4n) is 4.38. The molecule has 0 saturated carbocycles. The molecule has 3 amide bonds. The molecule has 1 aliphatic heterocycles. The SMILES string of the molecule is CCc1ccc2cnc(/C=C/C(C)(C)C(=O)OC(C(=O)NC(C)C(=O)N3CCCC(C(N)=O)N3)C(C)C)cc2c1. The van der Waals surface area contributed by atoms with Crippen molar-refractivity contribution in [2.24, 2.45) is 17.1 Å².